The van der Waals surface area contributed by atoms with Crippen LogP contribution >= 0.6 is 0 Å². The van der Waals surface area contributed by atoms with E-state index in [1.807, 2.05) is 0 Å². The van der Waals surface area contributed by atoms with E-state index in [4.69, 9.17) is 0 Å². The van der Waals surface area contributed by atoms with Crippen LogP contribution in [-0.4, -0.2) is 0 Å². The van der Waals surface area contributed by atoms with Crippen LogP contribution in [0.25, 0.3) is 101 Å². The second-order valence-corrected chi connectivity index (χ2v) is 21.2. The van der Waals surface area contributed by atoms with Crippen LogP contribution in [-0.2, 0) is 0 Å². The van der Waals surface area contributed by atoms with Crippen LogP contribution in [0.5, 0.6) is 0 Å². The molecule has 0 heterocycles. The molecule has 0 aliphatic rings. The van der Waals surface area contributed by atoms with Crippen LogP contribution in [0.15, 0.2) is 328 Å². The van der Waals surface area contributed by atoms with Gasteiger partial charge in [-0.3, -0.25) is 0 Å². The van der Waals surface area contributed by atoms with E-state index in [1.165, 1.54) is 65.7 Å². The zero-order valence-corrected chi connectivity index (χ0v) is 46.4. The van der Waals surface area contributed by atoms with Gasteiger partial charge in [-0.05, 0) is 149 Å². The maximum Gasteiger partial charge on any atom is 0.0540 e. The predicted molar refractivity (Wildman–Crippen MR) is 361 cm³/mol. The van der Waals surface area contributed by atoms with Gasteiger partial charge in [0.05, 0.1) is 11.4 Å². The van der Waals surface area contributed by atoms with Crippen LogP contribution in [0.1, 0.15) is 22.3 Å². The van der Waals surface area contributed by atoms with E-state index in [2.05, 4.69) is 362 Å². The molecule has 0 aliphatic carbocycles. The van der Waals surface area contributed by atoms with Crippen molar-refractivity contribution in [3.8, 4) is 44.5 Å². The summed E-state index contributed by atoms with van der Waals surface area (Å²) in [4.78, 5) is 4.81. The second kappa shape index (κ2) is 23.2. The number of benzene rings is 14. The average Bonchev–Trinajstić information content (AvgIpc) is 1.18. The highest BCUT2D eigenvalue weighted by molar-refractivity contribution is 6.18. The Morgan fingerprint density at radius 3 is 0.798 bits per heavy atom. The molecule has 14 rings (SSSR count). The molecule has 0 aliphatic heterocycles. The van der Waals surface area contributed by atoms with E-state index in [0.717, 1.165) is 67.5 Å². The Kier molecular flexibility index (Phi) is 14.1. The van der Waals surface area contributed by atoms with Gasteiger partial charge in [0.25, 0.3) is 0 Å². The molecule has 0 atom stereocenters. The van der Waals surface area contributed by atoms with Gasteiger partial charge in [0.2, 0.25) is 0 Å². The number of hydrogen-bond donors (Lipinski definition) is 0. The summed E-state index contributed by atoms with van der Waals surface area (Å²) in [7, 11) is 0. The van der Waals surface area contributed by atoms with Crippen LogP contribution in [0, 0.1) is 0 Å². The standard InChI is InChI=1S/C82H58N2/c1-5-21-59(22-6-1)39-41-61-43-51-69(52-44-61)83(77-37-19-31-63-25-13-15-33-73(63)77)71-55-47-67(48-56-71)81-79(65-27-9-3-10-28-65)75-35-17-18-36-76(75)80(66-29-11-4-12-30-66)82(81)68-49-57-72(58-50-68)84(78-38-20-32-64-26-14-16-34-74(64)78)70-53-45-62(46-54-70)42-40-60-23-7-2-8-24-60/h1-58H. The molecule has 0 saturated heterocycles. The molecule has 2 heteroatoms. The van der Waals surface area contributed by atoms with Crippen molar-refractivity contribution in [3.63, 3.8) is 0 Å². The molecule has 0 fully saturated rings. The van der Waals surface area contributed by atoms with Gasteiger partial charge in [-0.2, -0.15) is 0 Å². The third kappa shape index (κ3) is 10.3. The van der Waals surface area contributed by atoms with E-state index in [0.29, 0.717) is 0 Å². The lowest BCUT2D eigenvalue weighted by atomic mass is 9.79. The maximum absolute atomic E-state index is 2.40. The lowest BCUT2D eigenvalue weighted by Crippen LogP contribution is -2.10. The molecule has 14 aromatic carbocycles. The molecule has 0 radical (unpaired) electrons. The molecule has 0 unspecified atom stereocenters. The molecule has 396 valence electrons. The Morgan fingerprint density at radius 2 is 0.440 bits per heavy atom. The van der Waals surface area contributed by atoms with Gasteiger partial charge in [-0.1, -0.05) is 291 Å². The first-order valence-corrected chi connectivity index (χ1v) is 28.8. The minimum Gasteiger partial charge on any atom is -0.310 e. The number of nitrogens with zero attached hydrogens (tertiary/aromatic N) is 2. The van der Waals surface area contributed by atoms with Crippen molar-refractivity contribution in [1.29, 1.82) is 0 Å². The molecule has 14 aromatic rings. The van der Waals surface area contributed by atoms with Gasteiger partial charge in [0.1, 0.15) is 0 Å². The van der Waals surface area contributed by atoms with E-state index >= 15 is 0 Å². The van der Waals surface area contributed by atoms with E-state index in [-0.39, 0.29) is 0 Å². The quantitative estimate of drug-likeness (QED) is 0.100. The van der Waals surface area contributed by atoms with Crippen molar-refractivity contribution in [2.24, 2.45) is 0 Å². The van der Waals surface area contributed by atoms with Crippen molar-refractivity contribution in [1.82, 2.24) is 0 Å². The van der Waals surface area contributed by atoms with Gasteiger partial charge in [0, 0.05) is 33.5 Å². The van der Waals surface area contributed by atoms with Crippen LogP contribution in [0.4, 0.5) is 34.1 Å². The number of fused-ring (bicyclic) bond motifs is 3. The summed E-state index contributed by atoms with van der Waals surface area (Å²) in [5, 5.41) is 7.15. The minimum absolute atomic E-state index is 1.06. The zero-order valence-electron chi connectivity index (χ0n) is 46.4. The first kappa shape index (κ1) is 51.1. The third-order valence-corrected chi connectivity index (χ3v) is 16.0. The highest BCUT2D eigenvalue weighted by Crippen LogP contribution is 2.52. The Bertz CT molecular complexity index is 4330. The van der Waals surface area contributed by atoms with Crippen molar-refractivity contribution in [3.05, 3.63) is 350 Å². The van der Waals surface area contributed by atoms with E-state index in [1.54, 1.807) is 0 Å². The summed E-state index contributed by atoms with van der Waals surface area (Å²) in [6.45, 7) is 0. The van der Waals surface area contributed by atoms with E-state index in [9.17, 15) is 0 Å². The molecule has 0 N–H and O–H groups in total. The summed E-state index contributed by atoms with van der Waals surface area (Å²) in [6.07, 6.45) is 8.71. The molecule has 0 spiro atoms. The summed E-state index contributed by atoms with van der Waals surface area (Å²) >= 11 is 0. The SMILES string of the molecule is C(=Cc1ccc(N(c2ccc(-c3c(-c4ccc(N(c5ccc(C=Cc6ccccc6)cc5)c5cccc6ccccc56)cc4)c(-c4ccccc4)c4ccccc4c3-c3ccccc3)cc2)c2cccc3ccccc23)cc1)c1ccccc1. The highest BCUT2D eigenvalue weighted by Gasteiger charge is 2.26. The number of hydrogen-bond acceptors (Lipinski definition) is 2. The fourth-order valence-corrected chi connectivity index (χ4v) is 12.0. The topological polar surface area (TPSA) is 6.48 Å². The first-order chi connectivity index (χ1) is 41.7. The lowest BCUT2D eigenvalue weighted by Gasteiger charge is -2.28. The second-order valence-electron chi connectivity index (χ2n) is 21.2. The van der Waals surface area contributed by atoms with Crippen LogP contribution in [0.3, 0.4) is 0 Å². The van der Waals surface area contributed by atoms with Crippen molar-refractivity contribution in [2.75, 3.05) is 9.80 Å². The fraction of sp³-hybridized carbons (Fsp3) is 0. The molecule has 0 bridgehead atoms. The van der Waals surface area contributed by atoms with Gasteiger partial charge < -0.3 is 9.80 Å². The van der Waals surface area contributed by atoms with Gasteiger partial charge in [-0.25, -0.2) is 0 Å². The molecule has 0 aromatic heterocycles. The summed E-state index contributed by atoms with van der Waals surface area (Å²) in [5.74, 6) is 0. The fourth-order valence-electron chi connectivity index (χ4n) is 12.0. The predicted octanol–water partition coefficient (Wildman–Crippen LogP) is 23.1. The summed E-state index contributed by atoms with van der Waals surface area (Å²) in [5.41, 5.74) is 20.4. The zero-order chi connectivity index (χ0) is 56.0. The molecule has 0 amide bonds. The first-order valence-electron chi connectivity index (χ1n) is 28.8. The Labute approximate surface area is 492 Å². The Morgan fingerprint density at radius 1 is 0.179 bits per heavy atom. The molecular weight excluding hydrogens is 1010 g/mol. The van der Waals surface area contributed by atoms with Crippen LogP contribution in [0.2, 0.25) is 0 Å². The maximum atomic E-state index is 2.40. The highest BCUT2D eigenvalue weighted by atomic mass is 15.1. The average molecular weight is 1070 g/mol. The Hall–Kier alpha value is -11.1. The van der Waals surface area contributed by atoms with Gasteiger partial charge in [-0.15, -0.1) is 0 Å². The molecular formula is C82H58N2. The monoisotopic (exact) mass is 1070 g/mol. The van der Waals surface area contributed by atoms with Crippen LogP contribution < -0.4 is 9.80 Å². The summed E-state index contributed by atoms with van der Waals surface area (Å²) < 4.78 is 0. The third-order valence-electron chi connectivity index (χ3n) is 16.0. The smallest absolute Gasteiger partial charge is 0.0540 e. The van der Waals surface area contributed by atoms with E-state index < -0.39 is 0 Å². The number of anilines is 6. The van der Waals surface area contributed by atoms with Crippen molar-refractivity contribution < 1.29 is 0 Å². The molecule has 0 saturated carbocycles. The van der Waals surface area contributed by atoms with Crippen molar-refractivity contribution >= 4 is 90.7 Å². The van der Waals surface area contributed by atoms with Gasteiger partial charge >= 0.3 is 0 Å². The molecule has 2 nitrogen and oxygen atoms in total. The normalized spacial score (nSPS) is 11.5. The summed E-state index contributed by atoms with van der Waals surface area (Å²) in [6, 6.07) is 119. The lowest BCUT2D eigenvalue weighted by molar-refractivity contribution is 1.29. The number of rotatable bonds is 14. The minimum atomic E-state index is 1.06. The van der Waals surface area contributed by atoms with Gasteiger partial charge in [0.15, 0.2) is 0 Å². The molecule has 84 heavy (non-hydrogen) atoms. The Balaban J connectivity index is 0.947. The largest absolute Gasteiger partial charge is 0.310 e. The van der Waals surface area contributed by atoms with Crippen molar-refractivity contribution in [2.45, 2.75) is 0 Å².